The largest absolute Gasteiger partial charge is 0.478 e. The molecule has 0 saturated carbocycles. The molecule has 2 rings (SSSR count). The summed E-state index contributed by atoms with van der Waals surface area (Å²) in [4.78, 5) is 23.6. The number of carboxylic acid groups (broad SMARTS) is 1. The second-order valence-corrected chi connectivity index (χ2v) is 6.59. The Kier molecular flexibility index (Phi) is 5.69. The molecule has 0 aromatic heterocycles. The van der Waals surface area contributed by atoms with Crippen LogP contribution in [-0.4, -0.2) is 22.6 Å². The molecule has 2 aromatic carbocycles. The minimum atomic E-state index is -1.38. The van der Waals surface area contributed by atoms with Crippen LogP contribution in [0.25, 0.3) is 0 Å². The molecule has 0 spiro atoms. The van der Waals surface area contributed by atoms with Gasteiger partial charge in [0.15, 0.2) is 5.60 Å². The molecule has 0 bridgehead atoms. The summed E-state index contributed by atoms with van der Waals surface area (Å²) in [5.41, 5.74) is -0.199. The zero-order chi connectivity index (χ0) is 18.6. The molecule has 0 fully saturated rings. The fraction of sp³-hybridized carbons (Fsp3) is 0.263. The van der Waals surface area contributed by atoms with Crippen molar-refractivity contribution in [1.82, 2.24) is 5.32 Å². The maximum absolute atomic E-state index is 12.4. The van der Waals surface area contributed by atoms with Crippen molar-refractivity contribution in [1.29, 1.82) is 0 Å². The summed E-state index contributed by atoms with van der Waals surface area (Å²) < 4.78 is 5.65. The number of halogens is 1. The smallest absolute Gasteiger partial charge is 0.347 e. The van der Waals surface area contributed by atoms with E-state index in [1.807, 2.05) is 6.92 Å². The van der Waals surface area contributed by atoms with Crippen molar-refractivity contribution in [2.45, 2.75) is 32.4 Å². The molecule has 0 heterocycles. The minimum Gasteiger partial charge on any atom is -0.478 e. The summed E-state index contributed by atoms with van der Waals surface area (Å²) in [7, 11) is 0. The van der Waals surface area contributed by atoms with Gasteiger partial charge in [0, 0.05) is 16.1 Å². The molecule has 2 aromatic rings. The van der Waals surface area contributed by atoms with Gasteiger partial charge in [-0.05, 0) is 51.1 Å². The van der Waals surface area contributed by atoms with E-state index in [2.05, 4.69) is 5.32 Å². The molecule has 0 radical (unpaired) electrons. The number of aliphatic carboxylic acids is 1. The van der Waals surface area contributed by atoms with Crippen LogP contribution >= 0.6 is 11.6 Å². The first kappa shape index (κ1) is 18.8. The first-order valence-corrected chi connectivity index (χ1v) is 8.16. The molecule has 0 saturated heterocycles. The Morgan fingerprint density at radius 3 is 2.32 bits per heavy atom. The lowest BCUT2D eigenvalue weighted by molar-refractivity contribution is -0.152. The van der Waals surface area contributed by atoms with Crippen LogP contribution in [0.3, 0.4) is 0 Å². The normalized spacial score (nSPS) is 12.3. The highest BCUT2D eigenvalue weighted by molar-refractivity contribution is 6.30. The van der Waals surface area contributed by atoms with E-state index in [4.69, 9.17) is 16.3 Å². The Labute approximate surface area is 151 Å². The van der Waals surface area contributed by atoms with Gasteiger partial charge in [-0.15, -0.1) is 0 Å². The molecule has 2 N–H and O–H groups in total. The van der Waals surface area contributed by atoms with Gasteiger partial charge in [0.1, 0.15) is 5.75 Å². The summed E-state index contributed by atoms with van der Waals surface area (Å²) in [6, 6.07) is 13.2. The zero-order valence-corrected chi connectivity index (χ0v) is 15.0. The van der Waals surface area contributed by atoms with Crippen LogP contribution in [0.15, 0.2) is 48.5 Å². The number of benzene rings is 2. The van der Waals surface area contributed by atoms with Gasteiger partial charge in [-0.2, -0.15) is 0 Å². The van der Waals surface area contributed by atoms with Crippen LogP contribution in [0.2, 0.25) is 5.02 Å². The Morgan fingerprint density at radius 2 is 1.72 bits per heavy atom. The van der Waals surface area contributed by atoms with E-state index < -0.39 is 11.6 Å². The van der Waals surface area contributed by atoms with E-state index in [1.165, 1.54) is 13.8 Å². The van der Waals surface area contributed by atoms with Gasteiger partial charge in [-0.3, -0.25) is 4.79 Å². The third-order valence-corrected chi connectivity index (χ3v) is 3.97. The van der Waals surface area contributed by atoms with Crippen LogP contribution in [-0.2, 0) is 4.79 Å². The monoisotopic (exact) mass is 361 g/mol. The molecule has 0 aliphatic carbocycles. The highest BCUT2D eigenvalue weighted by Crippen LogP contribution is 2.28. The van der Waals surface area contributed by atoms with E-state index in [0.29, 0.717) is 21.9 Å². The number of carbonyl (C=O) groups is 2. The third kappa shape index (κ3) is 4.73. The molecular weight excluding hydrogens is 342 g/mol. The SMILES string of the molecule is CC(NC(=O)c1ccc(Cl)cc1)c1ccccc1OC(C)(C)C(=O)O. The summed E-state index contributed by atoms with van der Waals surface area (Å²) in [5, 5.41) is 12.7. The molecule has 6 heteroatoms. The van der Waals surface area contributed by atoms with Gasteiger partial charge in [-0.25, -0.2) is 4.79 Å². The van der Waals surface area contributed by atoms with Gasteiger partial charge in [0.05, 0.1) is 6.04 Å². The lowest BCUT2D eigenvalue weighted by atomic mass is 10.1. The highest BCUT2D eigenvalue weighted by atomic mass is 35.5. The average molecular weight is 362 g/mol. The van der Waals surface area contributed by atoms with Crippen molar-refractivity contribution >= 4 is 23.5 Å². The number of nitrogens with one attached hydrogen (secondary N) is 1. The zero-order valence-electron chi connectivity index (χ0n) is 14.2. The summed E-state index contributed by atoms with van der Waals surface area (Å²) in [5.74, 6) is -0.907. The summed E-state index contributed by atoms with van der Waals surface area (Å²) in [6.07, 6.45) is 0. The van der Waals surface area contributed by atoms with Crippen molar-refractivity contribution < 1.29 is 19.4 Å². The van der Waals surface area contributed by atoms with E-state index >= 15 is 0 Å². The van der Waals surface area contributed by atoms with Crippen LogP contribution in [0.1, 0.15) is 42.7 Å². The lowest BCUT2D eigenvalue weighted by Gasteiger charge is -2.25. The molecule has 1 amide bonds. The van der Waals surface area contributed by atoms with Crippen molar-refractivity contribution in [2.75, 3.05) is 0 Å². The molecule has 1 unspecified atom stereocenters. The van der Waals surface area contributed by atoms with E-state index in [-0.39, 0.29) is 11.9 Å². The second kappa shape index (κ2) is 7.57. The van der Waals surface area contributed by atoms with Crippen LogP contribution in [0, 0.1) is 0 Å². The molecule has 132 valence electrons. The topological polar surface area (TPSA) is 75.6 Å². The number of hydrogen-bond donors (Lipinski definition) is 2. The number of para-hydroxylation sites is 1. The summed E-state index contributed by atoms with van der Waals surface area (Å²) in [6.45, 7) is 4.76. The number of rotatable bonds is 6. The van der Waals surface area contributed by atoms with Crippen molar-refractivity contribution in [2.24, 2.45) is 0 Å². The lowest BCUT2D eigenvalue weighted by Crippen LogP contribution is -2.38. The fourth-order valence-corrected chi connectivity index (χ4v) is 2.33. The highest BCUT2D eigenvalue weighted by Gasteiger charge is 2.30. The maximum atomic E-state index is 12.4. The van der Waals surface area contributed by atoms with E-state index in [0.717, 1.165) is 0 Å². The fourth-order valence-electron chi connectivity index (χ4n) is 2.21. The Hall–Kier alpha value is -2.53. The molecule has 0 aliphatic rings. The molecular formula is C19H20ClNO4. The van der Waals surface area contributed by atoms with Gasteiger partial charge in [-0.1, -0.05) is 29.8 Å². The Morgan fingerprint density at radius 1 is 1.12 bits per heavy atom. The average Bonchev–Trinajstić information content (AvgIpc) is 2.55. The standard InChI is InChI=1S/C19H20ClNO4/c1-12(21-17(22)13-8-10-14(20)11-9-13)15-6-4-5-7-16(15)25-19(2,3)18(23)24/h4-12H,1-3H3,(H,21,22)(H,23,24). The van der Waals surface area contributed by atoms with Crippen LogP contribution in [0.5, 0.6) is 5.75 Å². The number of hydrogen-bond acceptors (Lipinski definition) is 3. The first-order chi connectivity index (χ1) is 11.7. The number of carbonyl (C=O) groups excluding carboxylic acids is 1. The molecule has 5 nitrogen and oxygen atoms in total. The van der Waals surface area contributed by atoms with Crippen LogP contribution < -0.4 is 10.1 Å². The number of carboxylic acids is 1. The Balaban J connectivity index is 2.19. The second-order valence-electron chi connectivity index (χ2n) is 6.16. The quantitative estimate of drug-likeness (QED) is 0.813. The minimum absolute atomic E-state index is 0.253. The third-order valence-electron chi connectivity index (χ3n) is 3.72. The van der Waals surface area contributed by atoms with Gasteiger partial charge >= 0.3 is 5.97 Å². The van der Waals surface area contributed by atoms with Crippen molar-refractivity contribution in [3.05, 3.63) is 64.7 Å². The number of ether oxygens (including phenoxy) is 1. The van der Waals surface area contributed by atoms with Crippen LogP contribution in [0.4, 0.5) is 0 Å². The molecule has 0 aliphatic heterocycles. The predicted molar refractivity (Wildman–Crippen MR) is 96.1 cm³/mol. The van der Waals surface area contributed by atoms with Crippen molar-refractivity contribution in [3.63, 3.8) is 0 Å². The van der Waals surface area contributed by atoms with Gasteiger partial charge in [0.25, 0.3) is 5.91 Å². The first-order valence-electron chi connectivity index (χ1n) is 7.78. The van der Waals surface area contributed by atoms with E-state index in [1.54, 1.807) is 48.5 Å². The van der Waals surface area contributed by atoms with Crippen molar-refractivity contribution in [3.8, 4) is 5.75 Å². The summed E-state index contributed by atoms with van der Waals surface area (Å²) >= 11 is 5.83. The molecule has 25 heavy (non-hydrogen) atoms. The number of amides is 1. The van der Waals surface area contributed by atoms with E-state index in [9.17, 15) is 14.7 Å². The predicted octanol–water partition coefficient (Wildman–Crippen LogP) is 4.07. The Bertz CT molecular complexity index is 771. The maximum Gasteiger partial charge on any atom is 0.347 e. The van der Waals surface area contributed by atoms with Gasteiger partial charge < -0.3 is 15.2 Å². The van der Waals surface area contributed by atoms with Gasteiger partial charge in [0.2, 0.25) is 0 Å². The molecule has 1 atom stereocenters.